The number of hydrogen-bond acceptors (Lipinski definition) is 6. The van der Waals surface area contributed by atoms with Crippen molar-refractivity contribution in [2.45, 2.75) is 32.3 Å². The molecule has 1 aromatic carbocycles. The summed E-state index contributed by atoms with van der Waals surface area (Å²) in [6, 6.07) is 4.96. The molecule has 118 valence electrons. The second-order valence-electron chi connectivity index (χ2n) is 4.95. The Morgan fingerprint density at radius 1 is 1.36 bits per heavy atom. The van der Waals surface area contributed by atoms with Gasteiger partial charge in [0.05, 0.1) is 19.3 Å². The van der Waals surface area contributed by atoms with Gasteiger partial charge in [-0.15, -0.1) is 0 Å². The largest absolute Gasteiger partial charge is 0.497 e. The molecule has 0 saturated heterocycles. The Hall–Kier alpha value is -2.37. The predicted molar refractivity (Wildman–Crippen MR) is 77.2 cm³/mol. The highest BCUT2D eigenvalue weighted by Gasteiger charge is 2.29. The van der Waals surface area contributed by atoms with E-state index in [2.05, 4.69) is 0 Å². The van der Waals surface area contributed by atoms with E-state index in [1.165, 1.54) is 7.11 Å². The lowest BCUT2D eigenvalue weighted by molar-refractivity contribution is -0.145. The Morgan fingerprint density at radius 2 is 2.14 bits per heavy atom. The summed E-state index contributed by atoms with van der Waals surface area (Å²) in [6.45, 7) is 1.91. The molecule has 1 aromatic rings. The summed E-state index contributed by atoms with van der Waals surface area (Å²) < 4.78 is 15.5. The summed E-state index contributed by atoms with van der Waals surface area (Å²) in [7, 11) is 1.52. The minimum atomic E-state index is -0.556. The van der Waals surface area contributed by atoms with E-state index < -0.39 is 12.1 Å². The number of ketones is 2. The molecular formula is C16H18O6. The zero-order valence-corrected chi connectivity index (χ0v) is 12.6. The van der Waals surface area contributed by atoms with Crippen molar-refractivity contribution in [1.29, 1.82) is 0 Å². The first-order chi connectivity index (χ1) is 10.5. The maximum Gasteiger partial charge on any atom is 0.313 e. The minimum Gasteiger partial charge on any atom is -0.497 e. The average Bonchev–Trinajstić information content (AvgIpc) is 2.47. The molecule has 1 aliphatic heterocycles. The smallest absolute Gasteiger partial charge is 0.313 e. The zero-order valence-electron chi connectivity index (χ0n) is 12.6. The molecule has 0 amide bonds. The van der Waals surface area contributed by atoms with E-state index in [0.717, 1.165) is 0 Å². The number of esters is 1. The highest BCUT2D eigenvalue weighted by atomic mass is 16.5. The maximum absolute atomic E-state index is 12.1. The van der Waals surface area contributed by atoms with Gasteiger partial charge in [-0.05, 0) is 25.1 Å². The molecule has 0 N–H and O–H groups in total. The van der Waals surface area contributed by atoms with Crippen LogP contribution in [0.4, 0.5) is 0 Å². The fourth-order valence-electron chi connectivity index (χ4n) is 2.31. The number of benzene rings is 1. The fourth-order valence-corrected chi connectivity index (χ4v) is 2.31. The van der Waals surface area contributed by atoms with Crippen molar-refractivity contribution in [2.75, 3.05) is 13.7 Å². The minimum absolute atomic E-state index is 0.00994. The van der Waals surface area contributed by atoms with Gasteiger partial charge < -0.3 is 14.2 Å². The third-order valence-corrected chi connectivity index (χ3v) is 3.30. The van der Waals surface area contributed by atoms with Crippen molar-refractivity contribution >= 4 is 17.5 Å². The number of Topliss-reactive ketones (excluding diaryl/α,β-unsaturated/α-hetero) is 2. The summed E-state index contributed by atoms with van der Waals surface area (Å²) in [4.78, 5) is 35.2. The first-order valence-electron chi connectivity index (χ1n) is 7.08. The Bertz CT molecular complexity index is 592. The van der Waals surface area contributed by atoms with Crippen LogP contribution in [0.3, 0.4) is 0 Å². The van der Waals surface area contributed by atoms with Crippen LogP contribution in [0, 0.1) is 0 Å². The molecule has 1 aliphatic rings. The van der Waals surface area contributed by atoms with Crippen molar-refractivity contribution in [1.82, 2.24) is 0 Å². The van der Waals surface area contributed by atoms with Crippen molar-refractivity contribution in [3.05, 3.63) is 23.8 Å². The van der Waals surface area contributed by atoms with Crippen LogP contribution in [0.5, 0.6) is 11.5 Å². The standard InChI is InChI=1S/C16H18O6/c1-3-21-16(19)7-10(17)6-12-9-14(18)13-8-11(20-2)4-5-15(13)22-12/h4-5,8,12H,3,6-7,9H2,1-2H3. The third-order valence-electron chi connectivity index (χ3n) is 3.30. The number of rotatable bonds is 6. The number of fused-ring (bicyclic) bond motifs is 1. The van der Waals surface area contributed by atoms with Crippen LogP contribution in [0.15, 0.2) is 18.2 Å². The Kier molecular flexibility index (Phi) is 5.14. The van der Waals surface area contributed by atoms with Crippen LogP contribution in [0.1, 0.15) is 36.5 Å². The second-order valence-corrected chi connectivity index (χ2v) is 4.95. The molecule has 2 rings (SSSR count). The van der Waals surface area contributed by atoms with Crippen LogP contribution < -0.4 is 9.47 Å². The highest BCUT2D eigenvalue weighted by Crippen LogP contribution is 2.31. The summed E-state index contributed by atoms with van der Waals surface area (Å²) >= 11 is 0. The van der Waals surface area contributed by atoms with Gasteiger partial charge in [-0.1, -0.05) is 0 Å². The number of hydrogen-bond donors (Lipinski definition) is 0. The molecular weight excluding hydrogens is 288 g/mol. The molecule has 1 unspecified atom stereocenters. The molecule has 0 saturated carbocycles. The van der Waals surface area contributed by atoms with Crippen LogP contribution in [0.25, 0.3) is 0 Å². The molecule has 6 heteroatoms. The molecule has 6 nitrogen and oxygen atoms in total. The van der Waals surface area contributed by atoms with Gasteiger partial charge in [0.25, 0.3) is 0 Å². The van der Waals surface area contributed by atoms with E-state index in [1.54, 1.807) is 25.1 Å². The second kappa shape index (κ2) is 7.06. The van der Waals surface area contributed by atoms with Gasteiger partial charge in [0.1, 0.15) is 29.8 Å². The van der Waals surface area contributed by atoms with Crippen molar-refractivity contribution in [3.63, 3.8) is 0 Å². The summed E-state index contributed by atoms with van der Waals surface area (Å²) in [6.07, 6.45) is -0.724. The van der Waals surface area contributed by atoms with Crippen LogP contribution in [0.2, 0.25) is 0 Å². The molecule has 22 heavy (non-hydrogen) atoms. The number of ether oxygens (including phenoxy) is 3. The number of carbonyl (C=O) groups is 3. The van der Waals surface area contributed by atoms with Crippen molar-refractivity contribution in [2.24, 2.45) is 0 Å². The fraction of sp³-hybridized carbons (Fsp3) is 0.438. The van der Waals surface area contributed by atoms with Crippen LogP contribution >= 0.6 is 0 Å². The Labute approximate surface area is 128 Å². The first kappa shape index (κ1) is 16.0. The molecule has 1 heterocycles. The molecule has 0 bridgehead atoms. The molecule has 0 spiro atoms. The Morgan fingerprint density at radius 3 is 2.82 bits per heavy atom. The van der Waals surface area contributed by atoms with Gasteiger partial charge in [-0.3, -0.25) is 14.4 Å². The molecule has 0 aliphatic carbocycles. The lowest BCUT2D eigenvalue weighted by Gasteiger charge is -2.25. The quantitative estimate of drug-likeness (QED) is 0.590. The lowest BCUT2D eigenvalue weighted by Crippen LogP contribution is -2.30. The molecule has 1 atom stereocenters. The topological polar surface area (TPSA) is 78.9 Å². The van der Waals surface area contributed by atoms with Gasteiger partial charge in [0.2, 0.25) is 0 Å². The van der Waals surface area contributed by atoms with Crippen molar-refractivity contribution < 1.29 is 28.6 Å². The number of methoxy groups -OCH3 is 1. The van der Waals surface area contributed by atoms with E-state index in [1.807, 2.05) is 0 Å². The van der Waals surface area contributed by atoms with Crippen LogP contribution in [-0.2, 0) is 14.3 Å². The maximum atomic E-state index is 12.1. The lowest BCUT2D eigenvalue weighted by atomic mass is 9.97. The first-order valence-corrected chi connectivity index (χ1v) is 7.08. The summed E-state index contributed by atoms with van der Waals surface area (Å²) in [5.41, 5.74) is 0.452. The Balaban J connectivity index is 1.99. The molecule has 0 aromatic heterocycles. The summed E-state index contributed by atoms with van der Waals surface area (Å²) in [5.74, 6) is 0.0561. The van der Waals surface area contributed by atoms with Gasteiger partial charge >= 0.3 is 5.97 Å². The van der Waals surface area contributed by atoms with E-state index in [9.17, 15) is 14.4 Å². The van der Waals surface area contributed by atoms with Crippen LogP contribution in [-0.4, -0.2) is 37.4 Å². The SMILES string of the molecule is CCOC(=O)CC(=O)CC1CC(=O)c2cc(OC)ccc2O1. The van der Waals surface area contributed by atoms with E-state index in [4.69, 9.17) is 14.2 Å². The monoisotopic (exact) mass is 306 g/mol. The van der Waals surface area contributed by atoms with Crippen molar-refractivity contribution in [3.8, 4) is 11.5 Å². The molecule has 0 fully saturated rings. The normalized spacial score (nSPS) is 16.5. The van der Waals surface area contributed by atoms with Gasteiger partial charge in [-0.2, -0.15) is 0 Å². The average molecular weight is 306 g/mol. The van der Waals surface area contributed by atoms with Gasteiger partial charge in [-0.25, -0.2) is 0 Å². The van der Waals surface area contributed by atoms with Gasteiger partial charge in [0.15, 0.2) is 5.78 Å². The van der Waals surface area contributed by atoms with E-state index >= 15 is 0 Å². The van der Waals surface area contributed by atoms with Gasteiger partial charge in [0, 0.05) is 12.8 Å². The highest BCUT2D eigenvalue weighted by molar-refractivity contribution is 6.01. The summed E-state index contributed by atoms with van der Waals surface area (Å²) in [5, 5.41) is 0. The predicted octanol–water partition coefficient (Wildman–Crippen LogP) is 1.94. The number of carbonyl (C=O) groups excluding carboxylic acids is 3. The van der Waals surface area contributed by atoms with E-state index in [0.29, 0.717) is 17.1 Å². The van der Waals surface area contributed by atoms with E-state index in [-0.39, 0.29) is 37.4 Å². The zero-order chi connectivity index (χ0) is 16.1. The third kappa shape index (κ3) is 3.84. The molecule has 0 radical (unpaired) electrons.